The highest BCUT2D eigenvalue weighted by Gasteiger charge is 2.16. The van der Waals surface area contributed by atoms with Crippen LogP contribution in [0.1, 0.15) is 32.6 Å². The van der Waals surface area contributed by atoms with Crippen LogP contribution in [0.3, 0.4) is 0 Å². The number of nitrogens with one attached hydrogen (secondary N) is 2. The van der Waals surface area contributed by atoms with Crippen molar-refractivity contribution < 1.29 is 9.59 Å². The molecule has 4 nitrogen and oxygen atoms in total. The zero-order valence-electron chi connectivity index (χ0n) is 17.1. The second-order valence-corrected chi connectivity index (χ2v) is 7.58. The normalized spacial score (nSPS) is 11.1. The SMILES string of the molecule is Cc1ccc(C(=O)NC(=Cc2ccccc2Cl)C(=O)Nc2ccc(C)cc2C)cc1. The van der Waals surface area contributed by atoms with E-state index in [1.54, 1.807) is 36.4 Å². The first kappa shape index (κ1) is 21.3. The quantitative estimate of drug-likeness (QED) is 0.524. The lowest BCUT2D eigenvalue weighted by Crippen LogP contribution is -2.31. The van der Waals surface area contributed by atoms with Crippen molar-refractivity contribution >= 4 is 35.2 Å². The predicted molar refractivity (Wildman–Crippen MR) is 123 cm³/mol. The van der Waals surface area contributed by atoms with E-state index in [0.29, 0.717) is 21.8 Å². The van der Waals surface area contributed by atoms with Gasteiger partial charge in [0, 0.05) is 16.3 Å². The Bertz CT molecular complexity index is 1120. The van der Waals surface area contributed by atoms with E-state index in [0.717, 1.165) is 16.7 Å². The van der Waals surface area contributed by atoms with Gasteiger partial charge in [-0.05, 0) is 62.2 Å². The summed E-state index contributed by atoms with van der Waals surface area (Å²) < 4.78 is 0. The molecule has 152 valence electrons. The van der Waals surface area contributed by atoms with Crippen LogP contribution in [0.4, 0.5) is 5.69 Å². The third-order valence-corrected chi connectivity index (χ3v) is 4.99. The Hall–Kier alpha value is -3.37. The minimum atomic E-state index is -0.428. The van der Waals surface area contributed by atoms with Gasteiger partial charge in [0.2, 0.25) is 0 Å². The molecule has 0 spiro atoms. The summed E-state index contributed by atoms with van der Waals surface area (Å²) >= 11 is 6.26. The Morgan fingerprint density at radius 3 is 2.20 bits per heavy atom. The van der Waals surface area contributed by atoms with E-state index < -0.39 is 5.91 Å². The van der Waals surface area contributed by atoms with Gasteiger partial charge < -0.3 is 10.6 Å². The highest BCUT2D eigenvalue weighted by Crippen LogP contribution is 2.20. The largest absolute Gasteiger partial charge is 0.320 e. The van der Waals surface area contributed by atoms with Crippen molar-refractivity contribution in [3.8, 4) is 0 Å². The molecule has 0 saturated heterocycles. The summed E-state index contributed by atoms with van der Waals surface area (Å²) in [5, 5.41) is 6.09. The van der Waals surface area contributed by atoms with Gasteiger partial charge >= 0.3 is 0 Å². The molecule has 2 amide bonds. The summed E-state index contributed by atoms with van der Waals surface area (Å²) in [5.74, 6) is -0.800. The molecule has 0 saturated carbocycles. The number of amides is 2. The summed E-state index contributed by atoms with van der Waals surface area (Å²) in [5.41, 5.74) is 4.97. The monoisotopic (exact) mass is 418 g/mol. The maximum atomic E-state index is 13.0. The summed E-state index contributed by atoms with van der Waals surface area (Å²) in [7, 11) is 0. The molecule has 3 aromatic rings. The first-order valence-electron chi connectivity index (χ1n) is 9.56. The van der Waals surface area contributed by atoms with Gasteiger partial charge in [-0.3, -0.25) is 9.59 Å². The first-order valence-corrected chi connectivity index (χ1v) is 9.94. The number of aryl methyl sites for hydroxylation is 3. The second kappa shape index (κ2) is 9.42. The van der Waals surface area contributed by atoms with Crippen molar-refractivity contribution in [2.45, 2.75) is 20.8 Å². The van der Waals surface area contributed by atoms with Crippen molar-refractivity contribution in [1.82, 2.24) is 5.32 Å². The van der Waals surface area contributed by atoms with Crippen molar-refractivity contribution in [3.63, 3.8) is 0 Å². The van der Waals surface area contributed by atoms with Crippen LogP contribution >= 0.6 is 11.6 Å². The van der Waals surface area contributed by atoms with Gasteiger partial charge in [-0.15, -0.1) is 0 Å². The van der Waals surface area contributed by atoms with Crippen LogP contribution in [-0.2, 0) is 4.79 Å². The van der Waals surface area contributed by atoms with Gasteiger partial charge in [0.05, 0.1) is 0 Å². The van der Waals surface area contributed by atoms with Crippen LogP contribution in [0.15, 0.2) is 72.4 Å². The topological polar surface area (TPSA) is 58.2 Å². The molecule has 0 fully saturated rings. The van der Waals surface area contributed by atoms with Crippen LogP contribution in [0, 0.1) is 20.8 Å². The Labute approximate surface area is 181 Å². The van der Waals surface area contributed by atoms with Gasteiger partial charge in [-0.2, -0.15) is 0 Å². The zero-order chi connectivity index (χ0) is 21.7. The molecule has 0 aliphatic heterocycles. The lowest BCUT2D eigenvalue weighted by atomic mass is 10.1. The molecule has 0 aromatic heterocycles. The molecule has 0 aliphatic carbocycles. The molecule has 5 heteroatoms. The fourth-order valence-electron chi connectivity index (χ4n) is 2.95. The van der Waals surface area contributed by atoms with E-state index in [9.17, 15) is 9.59 Å². The lowest BCUT2D eigenvalue weighted by Gasteiger charge is -2.13. The van der Waals surface area contributed by atoms with E-state index >= 15 is 0 Å². The van der Waals surface area contributed by atoms with Crippen LogP contribution in [0.25, 0.3) is 6.08 Å². The number of carbonyl (C=O) groups excluding carboxylic acids is 2. The Morgan fingerprint density at radius 1 is 0.867 bits per heavy atom. The van der Waals surface area contributed by atoms with Crippen LogP contribution in [-0.4, -0.2) is 11.8 Å². The second-order valence-electron chi connectivity index (χ2n) is 7.17. The average molecular weight is 419 g/mol. The van der Waals surface area contributed by atoms with E-state index in [1.807, 2.05) is 57.2 Å². The smallest absolute Gasteiger partial charge is 0.272 e. The summed E-state index contributed by atoms with van der Waals surface area (Å²) in [6, 6.07) is 20.0. The molecule has 3 aromatic carbocycles. The maximum absolute atomic E-state index is 13.0. The highest BCUT2D eigenvalue weighted by atomic mass is 35.5. The number of rotatable bonds is 5. The maximum Gasteiger partial charge on any atom is 0.272 e. The van der Waals surface area contributed by atoms with Crippen LogP contribution in [0.5, 0.6) is 0 Å². The predicted octanol–water partition coefficient (Wildman–Crippen LogP) is 5.67. The van der Waals surface area contributed by atoms with E-state index in [-0.39, 0.29) is 11.6 Å². The highest BCUT2D eigenvalue weighted by molar-refractivity contribution is 6.32. The standard InChI is InChI=1S/C25H23ClN2O2/c1-16-8-11-19(12-9-16)24(29)28-23(15-20-6-4-5-7-21(20)26)25(30)27-22-13-10-17(2)14-18(22)3/h4-15H,1-3H3,(H,27,30)(H,28,29). The molecular formula is C25H23ClN2O2. The molecule has 30 heavy (non-hydrogen) atoms. The molecule has 3 rings (SSSR count). The van der Waals surface area contributed by atoms with E-state index in [2.05, 4.69) is 10.6 Å². The number of halogens is 1. The molecule has 0 radical (unpaired) electrons. The summed E-state index contributed by atoms with van der Waals surface area (Å²) in [4.78, 5) is 25.8. The minimum absolute atomic E-state index is 0.105. The Kier molecular flexibility index (Phi) is 6.70. The molecule has 0 atom stereocenters. The average Bonchev–Trinajstić information content (AvgIpc) is 2.71. The number of anilines is 1. The van der Waals surface area contributed by atoms with E-state index in [4.69, 9.17) is 11.6 Å². The summed E-state index contributed by atoms with van der Waals surface area (Å²) in [6.45, 7) is 5.86. The number of hydrogen-bond donors (Lipinski definition) is 2. The zero-order valence-corrected chi connectivity index (χ0v) is 17.9. The fraction of sp³-hybridized carbons (Fsp3) is 0.120. The number of hydrogen-bond acceptors (Lipinski definition) is 2. The fourth-order valence-corrected chi connectivity index (χ4v) is 3.14. The molecule has 2 N–H and O–H groups in total. The lowest BCUT2D eigenvalue weighted by molar-refractivity contribution is -0.113. The van der Waals surface area contributed by atoms with Crippen molar-refractivity contribution in [2.75, 3.05) is 5.32 Å². The first-order chi connectivity index (χ1) is 14.3. The third-order valence-electron chi connectivity index (χ3n) is 4.64. The van der Waals surface area contributed by atoms with Gasteiger partial charge in [0.1, 0.15) is 5.70 Å². The van der Waals surface area contributed by atoms with Gasteiger partial charge in [0.15, 0.2) is 0 Å². The number of carbonyl (C=O) groups is 2. The Morgan fingerprint density at radius 2 is 1.53 bits per heavy atom. The van der Waals surface area contributed by atoms with E-state index in [1.165, 1.54) is 0 Å². The minimum Gasteiger partial charge on any atom is -0.320 e. The molecule has 0 bridgehead atoms. The molecule has 0 aliphatic rings. The molecule has 0 heterocycles. The summed E-state index contributed by atoms with van der Waals surface area (Å²) in [6.07, 6.45) is 1.58. The van der Waals surface area contributed by atoms with Gasteiger partial charge in [0.25, 0.3) is 11.8 Å². The number of benzene rings is 3. The van der Waals surface area contributed by atoms with Crippen LogP contribution < -0.4 is 10.6 Å². The Balaban J connectivity index is 1.92. The van der Waals surface area contributed by atoms with Crippen molar-refractivity contribution in [3.05, 3.63) is 105 Å². The molecular weight excluding hydrogens is 396 g/mol. The van der Waals surface area contributed by atoms with Crippen molar-refractivity contribution in [2.24, 2.45) is 0 Å². The molecule has 0 unspecified atom stereocenters. The third kappa shape index (κ3) is 5.37. The van der Waals surface area contributed by atoms with Crippen molar-refractivity contribution in [1.29, 1.82) is 0 Å². The van der Waals surface area contributed by atoms with Gasteiger partial charge in [-0.1, -0.05) is 65.2 Å². The van der Waals surface area contributed by atoms with Gasteiger partial charge in [-0.25, -0.2) is 0 Å². The van der Waals surface area contributed by atoms with Crippen LogP contribution in [0.2, 0.25) is 5.02 Å².